The highest BCUT2D eigenvalue weighted by molar-refractivity contribution is 8.15. The number of hydrogen-bond acceptors (Lipinski definition) is 7. The zero-order chi connectivity index (χ0) is 23.5. The van der Waals surface area contributed by atoms with Gasteiger partial charge >= 0.3 is 6.03 Å². The van der Waals surface area contributed by atoms with E-state index in [0.29, 0.717) is 22.4 Å². The Bertz CT molecular complexity index is 1180. The van der Waals surface area contributed by atoms with Gasteiger partial charge in [0.25, 0.3) is 5.91 Å². The number of carbonyl (C=O) groups excluding carboxylic acids is 3. The van der Waals surface area contributed by atoms with Gasteiger partial charge in [0, 0.05) is 7.05 Å². The molecule has 0 saturated heterocycles. The molecule has 0 saturated carbocycles. The molecule has 0 bridgehead atoms. The zero-order valence-corrected chi connectivity index (χ0v) is 19.1. The van der Waals surface area contributed by atoms with E-state index < -0.39 is 17.2 Å². The molecule has 2 N–H and O–H groups in total. The van der Waals surface area contributed by atoms with Crippen LogP contribution in [-0.2, 0) is 9.59 Å². The molecule has 10 heteroatoms. The highest BCUT2D eigenvalue weighted by Gasteiger charge is 2.34. The maximum absolute atomic E-state index is 13.3. The van der Waals surface area contributed by atoms with Crippen LogP contribution in [0.5, 0.6) is 11.5 Å². The Labute approximate surface area is 194 Å². The fourth-order valence-electron chi connectivity index (χ4n) is 3.15. The quantitative estimate of drug-likeness (QED) is 0.671. The molecule has 4 amide bonds. The number of nitrogens with zero attached hydrogens (tertiary/aromatic N) is 2. The number of aryl methyl sites for hydroxylation is 1. The minimum Gasteiger partial charge on any atom is -0.454 e. The summed E-state index contributed by atoms with van der Waals surface area (Å²) >= 11 is 1.09. The van der Waals surface area contributed by atoms with E-state index in [9.17, 15) is 14.4 Å². The Morgan fingerprint density at radius 2 is 1.88 bits per heavy atom. The van der Waals surface area contributed by atoms with Gasteiger partial charge in [0.2, 0.25) is 12.7 Å². The van der Waals surface area contributed by atoms with Crippen LogP contribution in [0.25, 0.3) is 6.08 Å². The van der Waals surface area contributed by atoms with Gasteiger partial charge in [-0.15, -0.1) is 0 Å². The minimum absolute atomic E-state index is 0.157. The Kier molecular flexibility index (Phi) is 6.36. The van der Waals surface area contributed by atoms with Gasteiger partial charge in [-0.05, 0) is 49.8 Å². The third-order valence-corrected chi connectivity index (χ3v) is 5.99. The summed E-state index contributed by atoms with van der Waals surface area (Å²) in [6, 6.07) is 12.2. The summed E-state index contributed by atoms with van der Waals surface area (Å²) < 4.78 is 10.7. The van der Waals surface area contributed by atoms with Crippen molar-refractivity contribution in [3.8, 4) is 11.5 Å². The van der Waals surface area contributed by atoms with E-state index in [4.69, 9.17) is 9.47 Å². The molecule has 9 nitrogen and oxygen atoms in total. The summed E-state index contributed by atoms with van der Waals surface area (Å²) in [5.41, 5.74) is 2.62. The van der Waals surface area contributed by atoms with Crippen LogP contribution in [0.4, 0.5) is 10.5 Å². The highest BCUT2D eigenvalue weighted by Crippen LogP contribution is 2.35. The first-order valence-corrected chi connectivity index (χ1v) is 11.0. The number of ether oxygens (including phenoxy) is 2. The number of thioether (sulfide) groups is 1. The Morgan fingerprint density at radius 3 is 2.61 bits per heavy atom. The number of amides is 4. The largest absolute Gasteiger partial charge is 0.454 e. The summed E-state index contributed by atoms with van der Waals surface area (Å²) in [5.74, 6) is 0.430. The molecule has 2 aliphatic heterocycles. The molecule has 0 fully saturated rings. The van der Waals surface area contributed by atoms with Crippen molar-refractivity contribution < 1.29 is 23.9 Å². The summed E-state index contributed by atoms with van der Waals surface area (Å²) in [6.45, 7) is 3.75. The molecule has 2 heterocycles. The first-order chi connectivity index (χ1) is 15.9. The molecule has 2 aliphatic rings. The second-order valence-electron chi connectivity index (χ2n) is 7.34. The Balaban J connectivity index is 1.65. The fourth-order valence-corrected chi connectivity index (χ4v) is 4.07. The van der Waals surface area contributed by atoms with E-state index in [0.717, 1.165) is 22.9 Å². The molecule has 33 heavy (non-hydrogen) atoms. The van der Waals surface area contributed by atoms with E-state index in [-0.39, 0.29) is 18.4 Å². The van der Waals surface area contributed by atoms with Crippen molar-refractivity contribution in [2.45, 2.75) is 19.1 Å². The number of hydrogen-bond donors (Lipinski definition) is 2. The van der Waals surface area contributed by atoms with Crippen LogP contribution in [0.2, 0.25) is 0 Å². The molecule has 0 radical (unpaired) electrons. The molecule has 2 aromatic rings. The van der Waals surface area contributed by atoms with Crippen LogP contribution in [0, 0.1) is 6.92 Å². The lowest BCUT2D eigenvalue weighted by molar-refractivity contribution is -0.119. The van der Waals surface area contributed by atoms with E-state index in [1.807, 2.05) is 37.3 Å². The Morgan fingerprint density at radius 1 is 1.15 bits per heavy atom. The first kappa shape index (κ1) is 22.4. The van der Waals surface area contributed by atoms with Gasteiger partial charge in [0.15, 0.2) is 16.7 Å². The van der Waals surface area contributed by atoms with Crippen LogP contribution in [0.15, 0.2) is 53.2 Å². The molecule has 1 atom stereocenters. The van der Waals surface area contributed by atoms with Crippen molar-refractivity contribution in [1.29, 1.82) is 0 Å². The number of rotatable bonds is 4. The summed E-state index contributed by atoms with van der Waals surface area (Å²) in [6.07, 6.45) is 1.66. The number of carbonyl (C=O) groups is 3. The number of urea groups is 1. The number of fused-ring (bicyclic) bond motifs is 1. The van der Waals surface area contributed by atoms with Crippen LogP contribution in [-0.4, -0.2) is 42.1 Å². The molecule has 0 aliphatic carbocycles. The van der Waals surface area contributed by atoms with Crippen LogP contribution >= 0.6 is 11.8 Å². The fraction of sp³-hybridized carbons (Fsp3) is 0.217. The van der Waals surface area contributed by atoms with Crippen molar-refractivity contribution >= 4 is 46.5 Å². The molecular formula is C23H22N4O5S. The average Bonchev–Trinajstić information content (AvgIpc) is 3.38. The van der Waals surface area contributed by atoms with Crippen molar-refractivity contribution in [2.75, 3.05) is 18.7 Å². The molecule has 170 valence electrons. The smallest absolute Gasteiger partial charge is 0.321 e. The second-order valence-corrected chi connectivity index (χ2v) is 8.65. The molecule has 4 rings (SSSR count). The van der Waals surface area contributed by atoms with E-state index in [2.05, 4.69) is 15.6 Å². The maximum atomic E-state index is 13.3. The first-order valence-electron chi connectivity index (χ1n) is 10.2. The number of nitrogens with one attached hydrogen (secondary N) is 2. The van der Waals surface area contributed by atoms with Gasteiger partial charge < -0.3 is 14.8 Å². The summed E-state index contributed by atoms with van der Waals surface area (Å²) in [5, 5.41) is 4.25. The van der Waals surface area contributed by atoms with Crippen LogP contribution in [0.1, 0.15) is 18.1 Å². The van der Waals surface area contributed by atoms with E-state index >= 15 is 0 Å². The normalized spacial score (nSPS) is 16.6. The lowest BCUT2D eigenvalue weighted by atomic mass is 10.1. The van der Waals surface area contributed by atoms with Crippen molar-refractivity contribution in [2.24, 2.45) is 4.99 Å². The number of imide groups is 1. The van der Waals surface area contributed by atoms with Crippen molar-refractivity contribution in [3.63, 3.8) is 0 Å². The van der Waals surface area contributed by atoms with Gasteiger partial charge in [0.1, 0.15) is 5.70 Å². The standard InChI is InChI=1S/C23H22N4O5S/c1-13-4-7-16(8-5-13)27-21(29)17(10-15-6-9-18-19(11-15)32-12-31-18)25-23(27)33-14(2)20(28)26-22(30)24-3/h4-11,14H,12H2,1-3H3,(H2,24,26,28,30)/b17-10-. The minimum atomic E-state index is -0.674. The second kappa shape index (κ2) is 9.37. The number of aliphatic imine (C=N–C) groups is 1. The van der Waals surface area contributed by atoms with E-state index in [1.54, 1.807) is 25.1 Å². The van der Waals surface area contributed by atoms with Crippen LogP contribution < -0.4 is 25.0 Å². The van der Waals surface area contributed by atoms with Crippen LogP contribution in [0.3, 0.4) is 0 Å². The molecule has 0 spiro atoms. The molecule has 1 unspecified atom stereocenters. The van der Waals surface area contributed by atoms with Crippen molar-refractivity contribution in [3.05, 3.63) is 59.3 Å². The number of anilines is 1. The predicted octanol–water partition coefficient (Wildman–Crippen LogP) is 3.04. The van der Waals surface area contributed by atoms with Crippen molar-refractivity contribution in [1.82, 2.24) is 10.6 Å². The van der Waals surface area contributed by atoms with Gasteiger partial charge in [0.05, 0.1) is 10.9 Å². The zero-order valence-electron chi connectivity index (χ0n) is 18.2. The van der Waals surface area contributed by atoms with Gasteiger partial charge in [-0.1, -0.05) is 35.5 Å². The molecule has 2 aromatic carbocycles. The van der Waals surface area contributed by atoms with Gasteiger partial charge in [-0.2, -0.15) is 0 Å². The SMILES string of the molecule is CNC(=O)NC(=O)C(C)SC1=N/C(=C\c2ccc3c(c2)OCO3)C(=O)N1c1ccc(C)cc1. The third-order valence-electron chi connectivity index (χ3n) is 4.94. The Hall–Kier alpha value is -3.79. The van der Waals surface area contributed by atoms with E-state index in [1.165, 1.54) is 11.9 Å². The maximum Gasteiger partial charge on any atom is 0.321 e. The lowest BCUT2D eigenvalue weighted by Crippen LogP contribution is -2.42. The lowest BCUT2D eigenvalue weighted by Gasteiger charge is -2.20. The van der Waals surface area contributed by atoms with Gasteiger partial charge in [-0.3, -0.25) is 19.8 Å². The highest BCUT2D eigenvalue weighted by atomic mass is 32.2. The summed E-state index contributed by atoms with van der Waals surface area (Å²) in [4.78, 5) is 43.2. The topological polar surface area (TPSA) is 109 Å². The number of benzene rings is 2. The number of amidine groups is 1. The monoisotopic (exact) mass is 466 g/mol. The predicted molar refractivity (Wildman–Crippen MR) is 126 cm³/mol. The van der Waals surface area contributed by atoms with Gasteiger partial charge in [-0.25, -0.2) is 9.79 Å². The third kappa shape index (κ3) is 4.85. The molecular weight excluding hydrogens is 444 g/mol. The summed E-state index contributed by atoms with van der Waals surface area (Å²) in [7, 11) is 1.42. The molecule has 0 aromatic heterocycles. The average molecular weight is 467 g/mol.